The molecule has 1 rings (SSSR count). The topological polar surface area (TPSA) is 0 Å². The number of hydrogen-bond donors (Lipinski definition) is 0. The Bertz CT molecular complexity index is 347. The van der Waals surface area contributed by atoms with Crippen LogP contribution in [0.4, 0.5) is 0 Å². The third kappa shape index (κ3) is 6.95. The van der Waals surface area contributed by atoms with Crippen LogP contribution < -0.4 is 12.4 Å². The summed E-state index contributed by atoms with van der Waals surface area (Å²) in [7, 11) is 6.93. The van der Waals surface area contributed by atoms with Gasteiger partial charge in [-0.15, -0.1) is 0 Å². The first-order valence-corrected chi connectivity index (χ1v) is 7.81. The first-order valence-electron chi connectivity index (χ1n) is 7.81. The summed E-state index contributed by atoms with van der Waals surface area (Å²) in [5.41, 5.74) is 1.91. The Morgan fingerprint density at radius 1 is 1.10 bits per heavy atom. The van der Waals surface area contributed by atoms with Gasteiger partial charge in [0.15, 0.2) is 0 Å². The zero-order valence-corrected chi connectivity index (χ0v) is 15.3. The molecule has 0 aromatic heterocycles. The van der Waals surface area contributed by atoms with E-state index in [0.29, 0.717) is 5.41 Å². The first-order chi connectivity index (χ1) is 8.62. The largest absolute Gasteiger partial charge is 1.00 e. The molecule has 0 fully saturated rings. The molecule has 0 aliphatic heterocycles. The standard InChI is InChI=1S/C18H34N.ClH/c1-15(2)12-17-8-10-18(11-9-17,13-16(3)4)14-19(5,6)7;/h8-10,15-16H,11-14H2,1-7H3;1H/q+1;/p-1. The Morgan fingerprint density at radius 3 is 2.05 bits per heavy atom. The van der Waals surface area contributed by atoms with Crippen molar-refractivity contribution in [3.63, 3.8) is 0 Å². The van der Waals surface area contributed by atoms with Crippen molar-refractivity contribution >= 4 is 0 Å². The van der Waals surface area contributed by atoms with Gasteiger partial charge < -0.3 is 16.9 Å². The molecule has 20 heavy (non-hydrogen) atoms. The molecule has 0 saturated heterocycles. The molecular formula is C18H34ClN. The van der Waals surface area contributed by atoms with Gasteiger partial charge in [-0.2, -0.15) is 0 Å². The van der Waals surface area contributed by atoms with Crippen LogP contribution in [0.2, 0.25) is 0 Å². The minimum atomic E-state index is 0. The van der Waals surface area contributed by atoms with E-state index < -0.39 is 0 Å². The summed E-state index contributed by atoms with van der Waals surface area (Å²) < 4.78 is 1.05. The molecule has 0 N–H and O–H groups in total. The molecule has 0 amide bonds. The lowest BCUT2D eigenvalue weighted by Gasteiger charge is -2.39. The highest BCUT2D eigenvalue weighted by Gasteiger charge is 2.34. The number of allylic oxidation sites excluding steroid dienone is 3. The van der Waals surface area contributed by atoms with E-state index >= 15 is 0 Å². The molecule has 1 aliphatic rings. The lowest BCUT2D eigenvalue weighted by Crippen LogP contribution is -3.00. The van der Waals surface area contributed by atoms with Crippen molar-refractivity contribution in [2.75, 3.05) is 27.7 Å². The predicted molar refractivity (Wildman–Crippen MR) is 86.1 cm³/mol. The summed E-state index contributed by atoms with van der Waals surface area (Å²) >= 11 is 0. The quantitative estimate of drug-likeness (QED) is 0.655. The molecular weight excluding hydrogens is 266 g/mol. The van der Waals surface area contributed by atoms with Gasteiger partial charge in [-0.3, -0.25) is 0 Å². The van der Waals surface area contributed by atoms with Gasteiger partial charge in [-0.1, -0.05) is 51.5 Å². The maximum atomic E-state index is 2.52. The molecule has 0 aromatic carbocycles. The van der Waals surface area contributed by atoms with Crippen molar-refractivity contribution in [3.05, 3.63) is 23.8 Å². The number of halogens is 1. The molecule has 1 nitrogen and oxygen atoms in total. The van der Waals surface area contributed by atoms with Crippen molar-refractivity contribution in [3.8, 4) is 0 Å². The van der Waals surface area contributed by atoms with E-state index in [9.17, 15) is 0 Å². The van der Waals surface area contributed by atoms with Crippen LogP contribution in [0, 0.1) is 17.3 Å². The van der Waals surface area contributed by atoms with Gasteiger partial charge in [-0.05, 0) is 31.1 Å². The molecule has 1 atom stereocenters. The van der Waals surface area contributed by atoms with E-state index in [0.717, 1.165) is 16.3 Å². The zero-order chi connectivity index (χ0) is 14.7. The third-order valence-corrected chi connectivity index (χ3v) is 3.67. The summed E-state index contributed by atoms with van der Waals surface area (Å²) in [5.74, 6) is 1.52. The van der Waals surface area contributed by atoms with Crippen molar-refractivity contribution < 1.29 is 16.9 Å². The normalized spacial score (nSPS) is 22.9. The summed E-state index contributed by atoms with van der Waals surface area (Å²) in [5, 5.41) is 0. The van der Waals surface area contributed by atoms with Crippen molar-refractivity contribution in [2.24, 2.45) is 17.3 Å². The smallest absolute Gasteiger partial charge is 0.0875 e. The predicted octanol–water partition coefficient (Wildman–Crippen LogP) is 1.66. The number of quaternary nitrogens is 1. The van der Waals surface area contributed by atoms with Crippen LogP contribution in [-0.4, -0.2) is 32.2 Å². The van der Waals surface area contributed by atoms with Crippen LogP contribution in [0.5, 0.6) is 0 Å². The molecule has 0 radical (unpaired) electrons. The van der Waals surface area contributed by atoms with Gasteiger partial charge in [0, 0.05) is 5.41 Å². The minimum Gasteiger partial charge on any atom is -1.00 e. The van der Waals surface area contributed by atoms with E-state index in [1.807, 2.05) is 0 Å². The maximum absolute atomic E-state index is 2.52. The number of nitrogens with zero attached hydrogens (tertiary/aromatic N) is 1. The highest BCUT2D eigenvalue weighted by molar-refractivity contribution is 5.27. The van der Waals surface area contributed by atoms with Gasteiger partial charge in [0.2, 0.25) is 0 Å². The molecule has 1 aliphatic carbocycles. The van der Waals surface area contributed by atoms with Gasteiger partial charge >= 0.3 is 0 Å². The number of hydrogen-bond acceptors (Lipinski definition) is 0. The molecule has 2 heteroatoms. The lowest BCUT2D eigenvalue weighted by molar-refractivity contribution is -0.876. The summed E-state index contributed by atoms with van der Waals surface area (Å²) in [4.78, 5) is 0. The Morgan fingerprint density at radius 2 is 1.70 bits per heavy atom. The monoisotopic (exact) mass is 299 g/mol. The Labute approximate surface area is 133 Å². The van der Waals surface area contributed by atoms with Crippen LogP contribution in [0.1, 0.15) is 47.0 Å². The molecule has 0 heterocycles. The van der Waals surface area contributed by atoms with E-state index in [-0.39, 0.29) is 12.4 Å². The van der Waals surface area contributed by atoms with Crippen LogP contribution >= 0.6 is 0 Å². The van der Waals surface area contributed by atoms with Gasteiger partial charge in [-0.25, -0.2) is 0 Å². The average molecular weight is 300 g/mol. The van der Waals surface area contributed by atoms with Crippen LogP contribution in [0.25, 0.3) is 0 Å². The lowest BCUT2D eigenvalue weighted by atomic mass is 9.73. The number of rotatable bonds is 6. The van der Waals surface area contributed by atoms with E-state index in [1.165, 1.54) is 31.4 Å². The van der Waals surface area contributed by atoms with Gasteiger partial charge in [0.1, 0.15) is 0 Å². The highest BCUT2D eigenvalue weighted by Crippen LogP contribution is 2.38. The van der Waals surface area contributed by atoms with Crippen molar-refractivity contribution in [1.29, 1.82) is 0 Å². The second-order valence-electron chi connectivity index (χ2n) is 8.32. The fourth-order valence-corrected chi connectivity index (χ4v) is 3.47. The Kier molecular flexibility index (Phi) is 7.55. The fourth-order valence-electron chi connectivity index (χ4n) is 3.47. The van der Waals surface area contributed by atoms with Crippen LogP contribution in [0.3, 0.4) is 0 Å². The van der Waals surface area contributed by atoms with Crippen LogP contribution in [-0.2, 0) is 0 Å². The van der Waals surface area contributed by atoms with Crippen molar-refractivity contribution in [1.82, 2.24) is 0 Å². The molecule has 0 spiro atoms. The van der Waals surface area contributed by atoms with Crippen molar-refractivity contribution in [2.45, 2.75) is 47.0 Å². The molecule has 0 aromatic rings. The molecule has 1 unspecified atom stereocenters. The average Bonchev–Trinajstić information content (AvgIpc) is 2.17. The second-order valence-corrected chi connectivity index (χ2v) is 8.32. The highest BCUT2D eigenvalue weighted by atomic mass is 35.5. The van der Waals surface area contributed by atoms with E-state index in [2.05, 4.69) is 67.1 Å². The Hall–Kier alpha value is -0.270. The minimum absolute atomic E-state index is 0. The molecule has 0 bridgehead atoms. The van der Waals surface area contributed by atoms with E-state index in [1.54, 1.807) is 0 Å². The van der Waals surface area contributed by atoms with Crippen LogP contribution in [0.15, 0.2) is 23.8 Å². The summed E-state index contributed by atoms with van der Waals surface area (Å²) in [6, 6.07) is 0. The zero-order valence-electron chi connectivity index (χ0n) is 14.5. The third-order valence-electron chi connectivity index (χ3n) is 3.67. The van der Waals surface area contributed by atoms with E-state index in [4.69, 9.17) is 0 Å². The fraction of sp³-hybridized carbons (Fsp3) is 0.778. The maximum Gasteiger partial charge on any atom is 0.0875 e. The van der Waals surface area contributed by atoms with Gasteiger partial charge in [0.25, 0.3) is 0 Å². The Balaban J connectivity index is 0.00000361. The SMILES string of the molecule is CC(C)CC1=CCC(CC(C)C)(C[N+](C)(C)C)C=C1.[Cl-]. The molecule has 118 valence electrons. The first kappa shape index (κ1) is 19.7. The molecule has 0 saturated carbocycles. The summed E-state index contributed by atoms with van der Waals surface area (Å²) in [6.07, 6.45) is 11.2. The summed E-state index contributed by atoms with van der Waals surface area (Å²) in [6.45, 7) is 10.5. The van der Waals surface area contributed by atoms with Gasteiger partial charge in [0.05, 0.1) is 27.7 Å². The second kappa shape index (κ2) is 7.66.